The van der Waals surface area contributed by atoms with Gasteiger partial charge in [0.25, 0.3) is 0 Å². The van der Waals surface area contributed by atoms with Gasteiger partial charge in [0.05, 0.1) is 30.3 Å². The van der Waals surface area contributed by atoms with Crippen LogP contribution in [0, 0.1) is 28.6 Å². The van der Waals surface area contributed by atoms with Gasteiger partial charge in [0.15, 0.2) is 6.29 Å². The van der Waals surface area contributed by atoms with E-state index in [0.717, 1.165) is 0 Å². The second kappa shape index (κ2) is 7.72. The average Bonchev–Trinajstić information content (AvgIpc) is 3.26. The second-order valence-corrected chi connectivity index (χ2v) is 12.3. The molecule has 4 bridgehead atoms. The smallest absolute Gasteiger partial charge is 0.315 e. The number of carbonyl (C=O) groups is 2. The van der Waals surface area contributed by atoms with Crippen molar-refractivity contribution in [2.24, 2.45) is 28.6 Å². The first-order valence-corrected chi connectivity index (χ1v) is 12.8. The molecule has 2 saturated heterocycles. The lowest BCUT2D eigenvalue weighted by molar-refractivity contribution is -0.326. The summed E-state index contributed by atoms with van der Waals surface area (Å²) < 4.78 is 17.5. The zero-order chi connectivity index (χ0) is 26.9. The molecule has 37 heavy (non-hydrogen) atoms. The number of aliphatic hydroxyl groups is 6. The Balaban J connectivity index is 1.40. The molecule has 14 atom stereocenters. The van der Waals surface area contributed by atoms with E-state index in [1.807, 2.05) is 0 Å². The van der Waals surface area contributed by atoms with Crippen LogP contribution >= 0.6 is 0 Å². The highest BCUT2D eigenvalue weighted by Gasteiger charge is 2.85. The zero-order valence-corrected chi connectivity index (χ0v) is 20.4. The third-order valence-electron chi connectivity index (χ3n) is 10.7. The van der Waals surface area contributed by atoms with E-state index in [2.05, 4.69) is 6.58 Å². The maximum absolute atomic E-state index is 13.4. The number of esters is 1. The molecule has 0 aromatic carbocycles. The van der Waals surface area contributed by atoms with E-state index in [9.17, 15) is 45.3 Å². The molecule has 4 aliphatic carbocycles. The summed E-state index contributed by atoms with van der Waals surface area (Å²) in [7, 11) is 0. The number of carbonyl (C=O) groups excluding carboxylic acids is 1. The van der Waals surface area contributed by atoms with Crippen molar-refractivity contribution >= 4 is 11.9 Å². The minimum absolute atomic E-state index is 0.0870. The Kier molecular flexibility index (Phi) is 5.35. The van der Waals surface area contributed by atoms with Crippen molar-refractivity contribution in [2.45, 2.75) is 93.1 Å². The van der Waals surface area contributed by atoms with Crippen molar-refractivity contribution in [2.75, 3.05) is 6.61 Å². The van der Waals surface area contributed by atoms with Crippen molar-refractivity contribution in [3.63, 3.8) is 0 Å². The van der Waals surface area contributed by atoms with Gasteiger partial charge in [-0.05, 0) is 43.6 Å². The summed E-state index contributed by atoms with van der Waals surface area (Å²) in [6.45, 7) is 4.84. The zero-order valence-electron chi connectivity index (χ0n) is 20.4. The molecule has 7 N–H and O–H groups in total. The Bertz CT molecular complexity index is 1050. The van der Waals surface area contributed by atoms with E-state index >= 15 is 0 Å². The normalized spacial score (nSPS) is 58.1. The summed E-state index contributed by atoms with van der Waals surface area (Å²) in [4.78, 5) is 26.2. The van der Waals surface area contributed by atoms with Gasteiger partial charge in [-0.3, -0.25) is 9.59 Å². The monoisotopic (exact) mass is 526 g/mol. The van der Waals surface area contributed by atoms with E-state index < -0.39 is 101 Å². The van der Waals surface area contributed by atoms with E-state index in [-0.39, 0.29) is 19.3 Å². The van der Waals surface area contributed by atoms with Crippen molar-refractivity contribution in [3.8, 4) is 0 Å². The van der Waals surface area contributed by atoms with Crippen LogP contribution in [-0.2, 0) is 23.8 Å². The summed E-state index contributed by atoms with van der Waals surface area (Å²) in [6, 6.07) is 0. The lowest BCUT2D eigenvalue weighted by atomic mass is 9.58. The lowest BCUT2D eigenvalue weighted by Gasteiger charge is -2.49. The molecule has 4 saturated carbocycles. The fraction of sp³-hybridized carbons (Fsp3) is 0.840. The van der Waals surface area contributed by atoms with Crippen molar-refractivity contribution in [3.05, 3.63) is 12.2 Å². The third kappa shape index (κ3) is 2.90. The molecule has 0 aromatic heterocycles. The molecule has 2 aliphatic heterocycles. The van der Waals surface area contributed by atoms with Crippen LogP contribution < -0.4 is 0 Å². The first-order valence-electron chi connectivity index (χ1n) is 12.8. The molecule has 1 spiro atoms. The van der Waals surface area contributed by atoms with Gasteiger partial charge in [0.2, 0.25) is 0 Å². The molecule has 12 nitrogen and oxygen atoms in total. The number of rotatable bonds is 4. The number of aliphatic hydroxyl groups excluding tert-OH is 5. The number of aliphatic carboxylic acids is 1. The van der Waals surface area contributed by atoms with Crippen LogP contribution in [0.1, 0.15) is 39.0 Å². The fourth-order valence-electron chi connectivity index (χ4n) is 9.16. The molecule has 0 unspecified atom stereocenters. The number of fused-ring (bicyclic) bond motifs is 1. The first kappa shape index (κ1) is 25.6. The Morgan fingerprint density at radius 1 is 1.19 bits per heavy atom. The van der Waals surface area contributed by atoms with E-state index in [0.29, 0.717) is 18.4 Å². The molecule has 6 aliphatic rings. The lowest BCUT2D eigenvalue weighted by Crippen LogP contribution is -2.63. The quantitative estimate of drug-likeness (QED) is 0.158. The Morgan fingerprint density at radius 2 is 1.89 bits per heavy atom. The van der Waals surface area contributed by atoms with Gasteiger partial charge in [-0.1, -0.05) is 6.58 Å². The largest absolute Gasteiger partial charge is 0.481 e. The van der Waals surface area contributed by atoms with Crippen LogP contribution in [-0.4, -0.2) is 108 Å². The molecule has 206 valence electrons. The minimum atomic E-state index is -1.72. The Morgan fingerprint density at radius 3 is 2.54 bits per heavy atom. The van der Waals surface area contributed by atoms with Crippen LogP contribution in [0.3, 0.4) is 0 Å². The second-order valence-electron chi connectivity index (χ2n) is 12.3. The SMILES string of the molecule is C=C1C[C@@]23C[C@]1(O)CC[C@H]2[C@]12C[C@@H](O[C@@H]4O[C@H](CO)[C@@H](O)[C@H](O)[C@H]4O)[C@H](O)[C@](C)(C(=O)O1)[C@@H]2[C@H]3C(=O)O. The number of hydrogen-bond donors (Lipinski definition) is 7. The third-order valence-corrected chi connectivity index (χ3v) is 10.7. The molecule has 6 rings (SSSR count). The van der Waals surface area contributed by atoms with Crippen molar-refractivity contribution < 1.29 is 59.5 Å². The average molecular weight is 527 g/mol. The summed E-state index contributed by atoms with van der Waals surface area (Å²) in [5.41, 5.74) is -4.52. The van der Waals surface area contributed by atoms with Gasteiger partial charge in [-0.2, -0.15) is 0 Å². The van der Waals surface area contributed by atoms with Gasteiger partial charge in [-0.15, -0.1) is 0 Å². The van der Waals surface area contributed by atoms with Crippen LogP contribution in [0.15, 0.2) is 12.2 Å². The predicted molar refractivity (Wildman–Crippen MR) is 119 cm³/mol. The van der Waals surface area contributed by atoms with Gasteiger partial charge in [-0.25, -0.2) is 0 Å². The van der Waals surface area contributed by atoms with Crippen LogP contribution in [0.25, 0.3) is 0 Å². The van der Waals surface area contributed by atoms with Crippen LogP contribution in [0.2, 0.25) is 0 Å². The summed E-state index contributed by atoms with van der Waals surface area (Å²) >= 11 is 0. The Hall–Kier alpha value is -1.64. The molecule has 6 fully saturated rings. The topological polar surface area (TPSA) is 203 Å². The molecule has 2 heterocycles. The minimum Gasteiger partial charge on any atom is -0.481 e. The van der Waals surface area contributed by atoms with Gasteiger partial charge >= 0.3 is 11.9 Å². The highest BCUT2D eigenvalue weighted by atomic mass is 16.7. The van der Waals surface area contributed by atoms with E-state index in [4.69, 9.17) is 14.2 Å². The van der Waals surface area contributed by atoms with E-state index in [1.165, 1.54) is 6.92 Å². The van der Waals surface area contributed by atoms with Gasteiger partial charge < -0.3 is 50.0 Å². The fourth-order valence-corrected chi connectivity index (χ4v) is 9.16. The summed E-state index contributed by atoms with van der Waals surface area (Å²) in [5.74, 6) is -4.27. The Labute approximate surface area is 212 Å². The number of hydrogen-bond acceptors (Lipinski definition) is 11. The molecule has 0 radical (unpaired) electrons. The van der Waals surface area contributed by atoms with Crippen LogP contribution in [0.4, 0.5) is 0 Å². The summed E-state index contributed by atoms with van der Waals surface area (Å²) in [5, 5.41) is 73.5. The van der Waals surface area contributed by atoms with Crippen molar-refractivity contribution in [1.82, 2.24) is 0 Å². The van der Waals surface area contributed by atoms with Crippen molar-refractivity contribution in [1.29, 1.82) is 0 Å². The standard InChI is InChI=1S/C25H34O12/c1-9-5-23-8-24(9,34)4-3-12(23)25-6-10(35-20-16(29)15(28)14(27)11(7-26)36-20)18(30)22(2,21(33)37-25)17(25)13(23)19(31)32/h10-18,20,26-30,34H,1,3-8H2,2H3,(H,31,32)/t10-,11-,12-,13+,14-,15+,16-,17+,18+,20-,22-,23-,24-,25+/m1/s1. The highest BCUT2D eigenvalue weighted by Crippen LogP contribution is 2.78. The van der Waals surface area contributed by atoms with Gasteiger partial charge in [0, 0.05) is 18.3 Å². The van der Waals surface area contributed by atoms with Crippen LogP contribution in [0.5, 0.6) is 0 Å². The molecule has 0 aromatic rings. The predicted octanol–water partition coefficient (Wildman–Crippen LogP) is -1.95. The summed E-state index contributed by atoms with van der Waals surface area (Å²) in [6.07, 6.45) is -9.40. The molecule has 12 heteroatoms. The molecular formula is C25H34O12. The van der Waals surface area contributed by atoms with Gasteiger partial charge in [0.1, 0.15) is 35.4 Å². The maximum atomic E-state index is 13.4. The highest BCUT2D eigenvalue weighted by molar-refractivity contribution is 5.85. The first-order chi connectivity index (χ1) is 17.3. The number of ether oxygens (including phenoxy) is 3. The maximum Gasteiger partial charge on any atom is 0.315 e. The van der Waals surface area contributed by atoms with E-state index in [1.54, 1.807) is 0 Å². The number of carboxylic acids is 1. The molecule has 0 amide bonds. The molecular weight excluding hydrogens is 492 g/mol. The number of carboxylic acid groups (broad SMARTS) is 1.